The average molecular weight is 312 g/mol. The zero-order valence-corrected chi connectivity index (χ0v) is 13.5. The van der Waals surface area contributed by atoms with Gasteiger partial charge in [-0.3, -0.25) is 5.32 Å². The minimum Gasteiger partial charge on any atom is -0.444 e. The van der Waals surface area contributed by atoms with E-state index < -0.39 is 11.7 Å². The number of benzene rings is 1. The number of hydrogen-bond donors (Lipinski definition) is 2. The van der Waals surface area contributed by atoms with Crippen molar-refractivity contribution >= 4 is 29.1 Å². The summed E-state index contributed by atoms with van der Waals surface area (Å²) in [7, 11) is 0. The van der Waals surface area contributed by atoms with Crippen LogP contribution in [0.3, 0.4) is 0 Å². The molecule has 0 radical (unpaired) electrons. The molecule has 0 spiro atoms. The molecule has 116 valence electrons. The van der Waals surface area contributed by atoms with Crippen LogP contribution < -0.4 is 15.5 Å². The zero-order chi connectivity index (χ0) is 15.5. The molecule has 2 N–H and O–H groups in total. The molecule has 6 heteroatoms. The van der Waals surface area contributed by atoms with Crippen LogP contribution in [-0.4, -0.2) is 37.9 Å². The Morgan fingerprint density at radius 3 is 2.57 bits per heavy atom. The maximum absolute atomic E-state index is 11.8. The second-order valence-electron chi connectivity index (χ2n) is 6.03. The molecule has 1 heterocycles. The van der Waals surface area contributed by atoms with E-state index >= 15 is 0 Å². The van der Waals surface area contributed by atoms with E-state index in [4.69, 9.17) is 16.3 Å². The smallest absolute Gasteiger partial charge is 0.412 e. The largest absolute Gasteiger partial charge is 0.444 e. The van der Waals surface area contributed by atoms with Crippen molar-refractivity contribution in [2.45, 2.75) is 26.4 Å². The Labute approximate surface area is 130 Å². The molecule has 1 aliphatic rings. The number of piperazine rings is 1. The molecular weight excluding hydrogens is 290 g/mol. The first kappa shape index (κ1) is 15.9. The summed E-state index contributed by atoms with van der Waals surface area (Å²) in [4.78, 5) is 14.0. The SMILES string of the molecule is CC(C)(C)OC(=O)Nc1ccc(N2CCNCC2)cc1Cl. The molecule has 2 rings (SSSR count). The number of amides is 1. The van der Waals surface area contributed by atoms with Gasteiger partial charge < -0.3 is 15.0 Å². The number of ether oxygens (including phenoxy) is 1. The topological polar surface area (TPSA) is 53.6 Å². The molecule has 21 heavy (non-hydrogen) atoms. The van der Waals surface area contributed by atoms with Gasteiger partial charge in [0.05, 0.1) is 10.7 Å². The van der Waals surface area contributed by atoms with E-state index in [2.05, 4.69) is 15.5 Å². The summed E-state index contributed by atoms with van der Waals surface area (Å²) >= 11 is 6.25. The lowest BCUT2D eigenvalue weighted by atomic mass is 10.2. The molecule has 0 aliphatic carbocycles. The Kier molecular flexibility index (Phi) is 4.96. The monoisotopic (exact) mass is 311 g/mol. The van der Waals surface area contributed by atoms with Gasteiger partial charge in [0.25, 0.3) is 0 Å². The van der Waals surface area contributed by atoms with Crippen LogP contribution in [-0.2, 0) is 4.74 Å². The lowest BCUT2D eigenvalue weighted by Crippen LogP contribution is -2.43. The van der Waals surface area contributed by atoms with E-state index in [1.807, 2.05) is 39.0 Å². The molecule has 0 aromatic heterocycles. The number of carbonyl (C=O) groups is 1. The maximum atomic E-state index is 11.8. The van der Waals surface area contributed by atoms with E-state index in [1.165, 1.54) is 0 Å². The van der Waals surface area contributed by atoms with Crippen molar-refractivity contribution in [3.63, 3.8) is 0 Å². The maximum Gasteiger partial charge on any atom is 0.412 e. The van der Waals surface area contributed by atoms with Gasteiger partial charge in [0.2, 0.25) is 0 Å². The van der Waals surface area contributed by atoms with Gasteiger partial charge in [-0.05, 0) is 39.0 Å². The Morgan fingerprint density at radius 1 is 1.33 bits per heavy atom. The first-order valence-electron chi connectivity index (χ1n) is 7.10. The lowest BCUT2D eigenvalue weighted by molar-refractivity contribution is 0.0636. The van der Waals surface area contributed by atoms with Gasteiger partial charge >= 0.3 is 6.09 Å². The van der Waals surface area contributed by atoms with Gasteiger partial charge in [0, 0.05) is 31.9 Å². The molecule has 5 nitrogen and oxygen atoms in total. The van der Waals surface area contributed by atoms with Gasteiger partial charge in [0.15, 0.2) is 0 Å². The van der Waals surface area contributed by atoms with Crippen molar-refractivity contribution in [3.8, 4) is 0 Å². The summed E-state index contributed by atoms with van der Waals surface area (Å²) in [5.74, 6) is 0. The summed E-state index contributed by atoms with van der Waals surface area (Å²) in [5, 5.41) is 6.49. The molecular formula is C15H22ClN3O2. The molecule has 1 aliphatic heterocycles. The third-order valence-corrected chi connectivity index (χ3v) is 3.38. The second kappa shape index (κ2) is 6.54. The van der Waals surface area contributed by atoms with Crippen LogP contribution in [0.4, 0.5) is 16.2 Å². The van der Waals surface area contributed by atoms with Gasteiger partial charge in [-0.15, -0.1) is 0 Å². The Morgan fingerprint density at radius 2 is 2.00 bits per heavy atom. The molecule has 0 unspecified atom stereocenters. The number of carbonyl (C=O) groups excluding carboxylic acids is 1. The summed E-state index contributed by atoms with van der Waals surface area (Å²) in [5.41, 5.74) is 1.10. The highest BCUT2D eigenvalue weighted by Gasteiger charge is 2.18. The molecule has 1 aromatic rings. The van der Waals surface area contributed by atoms with Gasteiger partial charge in [-0.1, -0.05) is 11.6 Å². The Balaban J connectivity index is 2.03. The van der Waals surface area contributed by atoms with Crippen molar-refractivity contribution in [3.05, 3.63) is 23.2 Å². The summed E-state index contributed by atoms with van der Waals surface area (Å²) < 4.78 is 5.22. The third kappa shape index (κ3) is 4.79. The molecule has 1 amide bonds. The van der Waals surface area contributed by atoms with Crippen LogP contribution in [0.25, 0.3) is 0 Å². The molecule has 0 atom stereocenters. The van der Waals surface area contributed by atoms with Crippen LogP contribution in [0, 0.1) is 0 Å². The fourth-order valence-electron chi connectivity index (χ4n) is 2.14. The lowest BCUT2D eigenvalue weighted by Gasteiger charge is -2.29. The number of hydrogen-bond acceptors (Lipinski definition) is 4. The molecule has 1 saturated heterocycles. The van der Waals surface area contributed by atoms with Crippen LogP contribution in [0.2, 0.25) is 5.02 Å². The predicted octanol–water partition coefficient (Wildman–Crippen LogP) is 3.10. The summed E-state index contributed by atoms with van der Waals surface area (Å²) in [6, 6.07) is 5.65. The van der Waals surface area contributed by atoms with Gasteiger partial charge in [-0.2, -0.15) is 0 Å². The Bertz CT molecular complexity index is 508. The van der Waals surface area contributed by atoms with E-state index in [0.717, 1.165) is 31.9 Å². The highest BCUT2D eigenvalue weighted by molar-refractivity contribution is 6.34. The van der Waals surface area contributed by atoms with Crippen molar-refractivity contribution in [2.75, 3.05) is 36.4 Å². The first-order valence-corrected chi connectivity index (χ1v) is 7.48. The number of anilines is 2. The molecule has 1 fully saturated rings. The van der Waals surface area contributed by atoms with Crippen LogP contribution in [0.5, 0.6) is 0 Å². The van der Waals surface area contributed by atoms with Crippen molar-refractivity contribution in [1.82, 2.24) is 5.32 Å². The standard InChI is InChI=1S/C15H22ClN3O2/c1-15(2,3)21-14(20)18-13-5-4-11(10-12(13)16)19-8-6-17-7-9-19/h4-5,10,17H,6-9H2,1-3H3,(H,18,20). The molecule has 1 aromatic carbocycles. The average Bonchev–Trinajstić information content (AvgIpc) is 2.40. The fourth-order valence-corrected chi connectivity index (χ4v) is 2.36. The van der Waals surface area contributed by atoms with E-state index in [-0.39, 0.29) is 0 Å². The highest BCUT2D eigenvalue weighted by Crippen LogP contribution is 2.28. The van der Waals surface area contributed by atoms with Crippen LogP contribution in [0.1, 0.15) is 20.8 Å². The number of nitrogens with one attached hydrogen (secondary N) is 2. The quantitative estimate of drug-likeness (QED) is 0.881. The minimum absolute atomic E-state index is 0.501. The number of nitrogens with zero attached hydrogens (tertiary/aromatic N) is 1. The third-order valence-electron chi connectivity index (χ3n) is 3.07. The van der Waals surface area contributed by atoms with Crippen molar-refractivity contribution in [2.24, 2.45) is 0 Å². The van der Waals surface area contributed by atoms with Crippen molar-refractivity contribution < 1.29 is 9.53 Å². The number of rotatable bonds is 2. The van der Waals surface area contributed by atoms with E-state index in [9.17, 15) is 4.79 Å². The van der Waals surface area contributed by atoms with Gasteiger partial charge in [-0.25, -0.2) is 4.79 Å². The first-order chi connectivity index (χ1) is 9.85. The van der Waals surface area contributed by atoms with Crippen molar-refractivity contribution in [1.29, 1.82) is 0 Å². The van der Waals surface area contributed by atoms with E-state index in [0.29, 0.717) is 10.7 Å². The normalized spacial score (nSPS) is 15.7. The zero-order valence-electron chi connectivity index (χ0n) is 12.7. The van der Waals surface area contributed by atoms with Crippen LogP contribution in [0.15, 0.2) is 18.2 Å². The highest BCUT2D eigenvalue weighted by atomic mass is 35.5. The van der Waals surface area contributed by atoms with Crippen LogP contribution >= 0.6 is 11.6 Å². The van der Waals surface area contributed by atoms with Gasteiger partial charge in [0.1, 0.15) is 5.60 Å². The molecule has 0 bridgehead atoms. The minimum atomic E-state index is -0.530. The second-order valence-corrected chi connectivity index (χ2v) is 6.44. The Hall–Kier alpha value is -1.46. The molecule has 0 saturated carbocycles. The fraction of sp³-hybridized carbons (Fsp3) is 0.533. The van der Waals surface area contributed by atoms with E-state index in [1.54, 1.807) is 0 Å². The number of halogens is 1. The predicted molar refractivity (Wildman–Crippen MR) is 86.4 cm³/mol. The summed E-state index contributed by atoms with van der Waals surface area (Å²) in [6.45, 7) is 9.31. The summed E-state index contributed by atoms with van der Waals surface area (Å²) in [6.07, 6.45) is -0.501.